The van der Waals surface area contributed by atoms with Crippen LogP contribution in [0.4, 0.5) is 5.69 Å². The van der Waals surface area contributed by atoms with Gasteiger partial charge in [-0.15, -0.1) is 0 Å². The molecule has 3 aromatic rings. The first-order valence-corrected chi connectivity index (χ1v) is 12.4. The van der Waals surface area contributed by atoms with E-state index in [9.17, 15) is 13.2 Å². The molecule has 7 nitrogen and oxygen atoms in total. The van der Waals surface area contributed by atoms with Crippen LogP contribution in [0.15, 0.2) is 52.2 Å². The van der Waals surface area contributed by atoms with Gasteiger partial charge in [0.2, 0.25) is 0 Å². The van der Waals surface area contributed by atoms with E-state index in [-0.39, 0.29) is 10.5 Å². The number of H-pyrrole nitrogens is 1. The molecule has 0 saturated heterocycles. The highest BCUT2D eigenvalue weighted by Crippen LogP contribution is 2.32. The van der Waals surface area contributed by atoms with Crippen LogP contribution in [0, 0.1) is 0 Å². The van der Waals surface area contributed by atoms with E-state index < -0.39 is 10.0 Å². The largest absolute Gasteiger partial charge is 0.492 e. The minimum absolute atomic E-state index is 0.157. The number of fused-ring (bicyclic) bond motifs is 1. The Morgan fingerprint density at radius 1 is 1.06 bits per heavy atom. The van der Waals surface area contributed by atoms with Gasteiger partial charge in [0.1, 0.15) is 5.75 Å². The average Bonchev–Trinajstić information content (AvgIpc) is 2.80. The molecule has 0 spiro atoms. The van der Waals surface area contributed by atoms with Crippen LogP contribution in [-0.2, 0) is 29.3 Å². The molecule has 0 unspecified atom stereocenters. The maximum absolute atomic E-state index is 13.4. The molecule has 32 heavy (non-hydrogen) atoms. The summed E-state index contributed by atoms with van der Waals surface area (Å²) < 4.78 is 35.1. The maximum Gasteiger partial charge on any atom is 0.267 e. The third kappa shape index (κ3) is 4.27. The molecule has 0 bridgehead atoms. The van der Waals surface area contributed by atoms with Crippen LogP contribution in [0.5, 0.6) is 5.75 Å². The lowest BCUT2D eigenvalue weighted by atomic mass is 9.89. The summed E-state index contributed by atoms with van der Waals surface area (Å²) in [5, 5.41) is 6.88. The number of aromatic amines is 1. The first kappa shape index (κ1) is 22.1. The monoisotopic (exact) mass is 453 g/mol. The molecule has 0 saturated carbocycles. The van der Waals surface area contributed by atoms with E-state index in [2.05, 4.69) is 14.9 Å². The zero-order chi connectivity index (χ0) is 22.7. The molecule has 2 N–H and O–H groups in total. The van der Waals surface area contributed by atoms with Crippen LogP contribution >= 0.6 is 0 Å². The topological polar surface area (TPSA) is 101 Å². The van der Waals surface area contributed by atoms with Crippen LogP contribution < -0.4 is 15.0 Å². The summed E-state index contributed by atoms with van der Waals surface area (Å²) in [6, 6.07) is 12.3. The number of nitrogens with zero attached hydrogens (tertiary/aromatic N) is 1. The van der Waals surface area contributed by atoms with Gasteiger partial charge in [-0.3, -0.25) is 9.52 Å². The molecule has 8 heteroatoms. The molecular weight excluding hydrogens is 426 g/mol. The van der Waals surface area contributed by atoms with Gasteiger partial charge in [-0.25, -0.2) is 13.5 Å². The number of anilines is 1. The van der Waals surface area contributed by atoms with Crippen molar-refractivity contribution in [3.05, 3.63) is 69.5 Å². The Morgan fingerprint density at radius 3 is 2.56 bits per heavy atom. The van der Waals surface area contributed by atoms with E-state index in [0.717, 1.165) is 30.4 Å². The van der Waals surface area contributed by atoms with Gasteiger partial charge < -0.3 is 4.74 Å². The predicted molar refractivity (Wildman–Crippen MR) is 125 cm³/mol. The van der Waals surface area contributed by atoms with Gasteiger partial charge >= 0.3 is 0 Å². The first-order valence-electron chi connectivity index (χ1n) is 10.9. The Labute approximate surface area is 187 Å². The van der Waals surface area contributed by atoms with E-state index in [1.165, 1.54) is 0 Å². The fourth-order valence-electron chi connectivity index (χ4n) is 4.17. The summed E-state index contributed by atoms with van der Waals surface area (Å²) in [5.41, 5.74) is 3.94. The van der Waals surface area contributed by atoms with Crippen molar-refractivity contribution >= 4 is 15.7 Å². The van der Waals surface area contributed by atoms with Crippen LogP contribution in [0.2, 0.25) is 0 Å². The number of ether oxygens (including phenoxy) is 1. The minimum atomic E-state index is -3.89. The number of benzene rings is 2. The zero-order valence-electron chi connectivity index (χ0n) is 18.3. The van der Waals surface area contributed by atoms with Crippen molar-refractivity contribution in [3.8, 4) is 17.0 Å². The second-order valence-electron chi connectivity index (χ2n) is 7.78. The Bertz CT molecular complexity index is 1300. The van der Waals surface area contributed by atoms with Crippen molar-refractivity contribution < 1.29 is 13.2 Å². The van der Waals surface area contributed by atoms with E-state index in [0.29, 0.717) is 47.7 Å². The second kappa shape index (κ2) is 9.16. The van der Waals surface area contributed by atoms with Gasteiger partial charge in [0.05, 0.1) is 22.9 Å². The van der Waals surface area contributed by atoms with Gasteiger partial charge in [-0.2, -0.15) is 5.10 Å². The number of hydrogen-bond acceptors (Lipinski definition) is 5. The number of nitrogens with one attached hydrogen (secondary N) is 2. The smallest absolute Gasteiger partial charge is 0.267 e. The maximum atomic E-state index is 13.4. The van der Waals surface area contributed by atoms with Gasteiger partial charge in [-0.1, -0.05) is 31.2 Å². The van der Waals surface area contributed by atoms with Crippen molar-refractivity contribution in [2.45, 2.75) is 50.8 Å². The fourth-order valence-corrected chi connectivity index (χ4v) is 5.58. The molecule has 1 aliphatic carbocycles. The predicted octanol–water partition coefficient (Wildman–Crippen LogP) is 4.08. The van der Waals surface area contributed by atoms with Gasteiger partial charge in [0.25, 0.3) is 15.6 Å². The molecule has 0 aliphatic heterocycles. The quantitative estimate of drug-likeness (QED) is 0.561. The Balaban J connectivity index is 1.79. The molecule has 0 fully saturated rings. The Hall–Kier alpha value is -3.13. The van der Waals surface area contributed by atoms with E-state index in [4.69, 9.17) is 4.74 Å². The fraction of sp³-hybridized carbons (Fsp3) is 0.333. The van der Waals surface area contributed by atoms with Gasteiger partial charge in [0, 0.05) is 11.1 Å². The lowest BCUT2D eigenvalue weighted by Crippen LogP contribution is -2.21. The molecule has 168 valence electrons. The summed E-state index contributed by atoms with van der Waals surface area (Å²) >= 11 is 0. The molecule has 1 heterocycles. The molecule has 0 atom stereocenters. The minimum Gasteiger partial charge on any atom is -0.492 e. The van der Waals surface area contributed by atoms with Gasteiger partial charge in [0.15, 0.2) is 0 Å². The number of aromatic nitrogens is 2. The van der Waals surface area contributed by atoms with Crippen molar-refractivity contribution in [2.75, 3.05) is 11.3 Å². The standard InChI is InChI=1S/C24H27N3O4S/c1-3-16-13-14-17(23-18-9-5-6-10-19(18)24(28)26-25-23)15-22(16)32(29,30)27-20-11-7-8-12-21(20)31-4-2/h7-8,11-15,27H,3-6,9-10H2,1-2H3,(H,26,28). The number of sulfonamides is 1. The summed E-state index contributed by atoms with van der Waals surface area (Å²) in [5.74, 6) is 0.476. The van der Waals surface area contributed by atoms with Crippen molar-refractivity contribution in [3.63, 3.8) is 0 Å². The van der Waals surface area contributed by atoms with E-state index in [1.807, 2.05) is 26.0 Å². The summed E-state index contributed by atoms with van der Waals surface area (Å²) in [6.07, 6.45) is 3.99. The molecule has 1 aromatic heterocycles. The first-order chi connectivity index (χ1) is 15.4. The summed E-state index contributed by atoms with van der Waals surface area (Å²) in [7, 11) is -3.89. The average molecular weight is 454 g/mol. The number of hydrogen-bond donors (Lipinski definition) is 2. The highest BCUT2D eigenvalue weighted by molar-refractivity contribution is 7.92. The van der Waals surface area contributed by atoms with Crippen molar-refractivity contribution in [2.24, 2.45) is 0 Å². The number of para-hydroxylation sites is 2. The molecule has 4 rings (SSSR count). The lowest BCUT2D eigenvalue weighted by molar-refractivity contribution is 0.342. The van der Waals surface area contributed by atoms with E-state index >= 15 is 0 Å². The second-order valence-corrected chi connectivity index (χ2v) is 9.43. The third-order valence-corrected chi connectivity index (χ3v) is 7.19. The van der Waals surface area contributed by atoms with Crippen LogP contribution in [0.3, 0.4) is 0 Å². The molecule has 0 amide bonds. The van der Waals surface area contributed by atoms with Crippen LogP contribution in [0.1, 0.15) is 43.4 Å². The number of rotatable bonds is 7. The van der Waals surface area contributed by atoms with Crippen LogP contribution in [-0.4, -0.2) is 25.2 Å². The van der Waals surface area contributed by atoms with Crippen molar-refractivity contribution in [1.82, 2.24) is 10.2 Å². The molecule has 1 aliphatic rings. The SMILES string of the molecule is CCOc1ccccc1NS(=O)(=O)c1cc(-c2n[nH]c(=O)c3c2CCCC3)ccc1CC. The van der Waals surface area contributed by atoms with Crippen LogP contribution in [0.25, 0.3) is 11.3 Å². The summed E-state index contributed by atoms with van der Waals surface area (Å²) in [4.78, 5) is 12.4. The third-order valence-electron chi connectivity index (χ3n) is 5.74. The lowest BCUT2D eigenvalue weighted by Gasteiger charge is -2.19. The summed E-state index contributed by atoms with van der Waals surface area (Å²) in [6.45, 7) is 4.20. The normalized spacial score (nSPS) is 13.4. The van der Waals surface area contributed by atoms with Crippen molar-refractivity contribution in [1.29, 1.82) is 0 Å². The number of aryl methyl sites for hydroxylation is 1. The molecular formula is C24H27N3O4S. The zero-order valence-corrected chi connectivity index (χ0v) is 19.1. The van der Waals surface area contributed by atoms with E-state index in [1.54, 1.807) is 30.3 Å². The van der Waals surface area contributed by atoms with Gasteiger partial charge in [-0.05, 0) is 68.4 Å². The Kier molecular flexibility index (Phi) is 6.32. The highest BCUT2D eigenvalue weighted by atomic mass is 32.2. The Morgan fingerprint density at radius 2 is 1.81 bits per heavy atom. The highest BCUT2D eigenvalue weighted by Gasteiger charge is 2.23. The molecule has 2 aromatic carbocycles. The molecule has 0 radical (unpaired) electrons.